The zero-order valence-electron chi connectivity index (χ0n) is 17.8. The number of carbonyl (C=O) groups excluding carboxylic acids is 1. The number of carbonyl (C=O) groups is 1. The minimum absolute atomic E-state index is 0.110. The van der Waals surface area contributed by atoms with Crippen LogP contribution >= 0.6 is 27.7 Å². The van der Waals surface area contributed by atoms with Gasteiger partial charge in [0.1, 0.15) is 5.75 Å². The maximum atomic E-state index is 12.3. The quantitative estimate of drug-likeness (QED) is 0.300. The van der Waals surface area contributed by atoms with E-state index in [1.807, 2.05) is 61.7 Å². The van der Waals surface area contributed by atoms with Gasteiger partial charge in [-0.2, -0.15) is 0 Å². The number of anilines is 1. The van der Waals surface area contributed by atoms with Gasteiger partial charge in [0.05, 0.1) is 5.75 Å². The third kappa shape index (κ3) is 6.45. The maximum Gasteiger partial charge on any atom is 0.234 e. The van der Waals surface area contributed by atoms with Crippen molar-refractivity contribution in [3.8, 4) is 5.75 Å². The van der Waals surface area contributed by atoms with Crippen LogP contribution in [-0.2, 0) is 11.3 Å². The molecule has 1 aromatic heterocycles. The van der Waals surface area contributed by atoms with Gasteiger partial charge in [0.15, 0.2) is 17.1 Å². The summed E-state index contributed by atoms with van der Waals surface area (Å²) in [5, 5.41) is 12.1. The molecule has 1 amide bonds. The number of hydrogen-bond acceptors (Lipinski definition) is 5. The van der Waals surface area contributed by atoms with E-state index in [0.29, 0.717) is 17.5 Å². The van der Waals surface area contributed by atoms with E-state index in [2.05, 4.69) is 44.1 Å². The van der Waals surface area contributed by atoms with Crippen molar-refractivity contribution in [3.05, 3.63) is 76.5 Å². The molecule has 0 saturated carbocycles. The van der Waals surface area contributed by atoms with Crippen molar-refractivity contribution in [2.45, 2.75) is 38.6 Å². The molecule has 0 bridgehead atoms. The lowest BCUT2D eigenvalue weighted by Gasteiger charge is -2.16. The first-order valence-corrected chi connectivity index (χ1v) is 11.6. The Bertz CT molecular complexity index is 1050. The highest BCUT2D eigenvalue weighted by Crippen LogP contribution is 2.26. The summed E-state index contributed by atoms with van der Waals surface area (Å²) < 4.78 is 9.02. The van der Waals surface area contributed by atoms with E-state index in [-0.39, 0.29) is 17.8 Å². The van der Waals surface area contributed by atoms with Crippen LogP contribution in [0, 0.1) is 13.8 Å². The fourth-order valence-electron chi connectivity index (χ4n) is 3.13. The van der Waals surface area contributed by atoms with Crippen LogP contribution < -0.4 is 10.1 Å². The number of aromatic nitrogens is 3. The highest BCUT2D eigenvalue weighted by molar-refractivity contribution is 9.10. The summed E-state index contributed by atoms with van der Waals surface area (Å²) in [6.07, 6.45) is 1.47. The maximum absolute atomic E-state index is 12.3. The summed E-state index contributed by atoms with van der Waals surface area (Å²) in [6, 6.07) is 13.6. The van der Waals surface area contributed by atoms with E-state index in [4.69, 9.17) is 4.74 Å². The van der Waals surface area contributed by atoms with Crippen molar-refractivity contribution in [2.24, 2.45) is 0 Å². The predicted octanol–water partition coefficient (Wildman–Crippen LogP) is 5.71. The molecule has 0 fully saturated rings. The molecule has 0 spiro atoms. The number of allylic oxidation sites excluding steroid dienone is 1. The second-order valence-corrected chi connectivity index (χ2v) is 9.03. The summed E-state index contributed by atoms with van der Waals surface area (Å²) in [7, 11) is 0. The minimum atomic E-state index is -0.306. The van der Waals surface area contributed by atoms with Crippen molar-refractivity contribution < 1.29 is 9.53 Å². The van der Waals surface area contributed by atoms with E-state index in [9.17, 15) is 4.79 Å². The van der Waals surface area contributed by atoms with Crippen molar-refractivity contribution in [1.29, 1.82) is 0 Å². The standard InChI is InChI=1S/C23H25BrN4O2S/c1-5-10-28-22(17(4)30-20-12-15(2)11-16(3)13-20)26-27-23(28)31-14-21(29)25-19-8-6-18(24)7-9-19/h5-9,11-13,17H,1,10,14H2,2-4H3,(H,25,29). The number of aryl methyl sites for hydroxylation is 2. The lowest BCUT2D eigenvalue weighted by atomic mass is 10.1. The van der Waals surface area contributed by atoms with Crippen LogP contribution in [0.1, 0.15) is 30.0 Å². The van der Waals surface area contributed by atoms with Crippen LogP contribution in [0.3, 0.4) is 0 Å². The molecule has 1 heterocycles. The number of nitrogens with zero attached hydrogens (tertiary/aromatic N) is 3. The Kier molecular flexibility index (Phi) is 7.92. The molecule has 0 saturated heterocycles. The Morgan fingerprint density at radius 1 is 1.23 bits per heavy atom. The van der Waals surface area contributed by atoms with Gasteiger partial charge in [-0.1, -0.05) is 39.8 Å². The van der Waals surface area contributed by atoms with E-state index in [1.54, 1.807) is 6.08 Å². The normalized spacial score (nSPS) is 11.7. The summed E-state index contributed by atoms with van der Waals surface area (Å²) >= 11 is 4.72. The van der Waals surface area contributed by atoms with Gasteiger partial charge in [-0.25, -0.2) is 0 Å². The zero-order valence-corrected chi connectivity index (χ0v) is 20.2. The summed E-state index contributed by atoms with van der Waals surface area (Å²) in [6.45, 7) is 10.4. The zero-order chi connectivity index (χ0) is 22.4. The molecule has 3 rings (SSSR count). The van der Waals surface area contributed by atoms with Crippen molar-refractivity contribution in [3.63, 3.8) is 0 Å². The summed E-state index contributed by atoms with van der Waals surface area (Å²) in [5.74, 6) is 1.59. The fraction of sp³-hybridized carbons (Fsp3) is 0.261. The molecule has 1 atom stereocenters. The van der Waals surface area contributed by atoms with Crippen LogP contribution in [-0.4, -0.2) is 26.4 Å². The number of nitrogens with one attached hydrogen (secondary N) is 1. The number of halogens is 1. The van der Waals surface area contributed by atoms with Gasteiger partial charge in [0.2, 0.25) is 5.91 Å². The largest absolute Gasteiger partial charge is 0.483 e. The number of amides is 1. The second kappa shape index (κ2) is 10.6. The molecule has 0 aliphatic heterocycles. The lowest BCUT2D eigenvalue weighted by molar-refractivity contribution is -0.113. The van der Waals surface area contributed by atoms with Crippen LogP contribution in [0.15, 0.2) is 64.7 Å². The van der Waals surface area contributed by atoms with Gasteiger partial charge in [-0.15, -0.1) is 16.8 Å². The molecule has 0 aliphatic rings. The van der Waals surface area contributed by atoms with Crippen molar-refractivity contribution in [2.75, 3.05) is 11.1 Å². The number of rotatable bonds is 9. The summed E-state index contributed by atoms with van der Waals surface area (Å²) in [5.41, 5.74) is 3.03. The molecule has 6 nitrogen and oxygen atoms in total. The van der Waals surface area contributed by atoms with E-state index < -0.39 is 0 Å². The predicted molar refractivity (Wildman–Crippen MR) is 129 cm³/mol. The second-order valence-electron chi connectivity index (χ2n) is 7.17. The molecular formula is C23H25BrN4O2S. The van der Waals surface area contributed by atoms with Crippen LogP contribution in [0.25, 0.3) is 0 Å². The number of thioether (sulfide) groups is 1. The van der Waals surface area contributed by atoms with Gasteiger partial charge >= 0.3 is 0 Å². The third-order valence-corrected chi connectivity index (χ3v) is 5.88. The molecule has 162 valence electrons. The first-order chi connectivity index (χ1) is 14.9. The Morgan fingerprint density at radius 2 is 1.90 bits per heavy atom. The third-order valence-electron chi connectivity index (χ3n) is 4.39. The molecule has 3 aromatic rings. The molecule has 2 aromatic carbocycles. The number of benzene rings is 2. The average molecular weight is 501 g/mol. The Balaban J connectivity index is 1.68. The number of ether oxygens (including phenoxy) is 1. The molecular weight excluding hydrogens is 476 g/mol. The van der Waals surface area contributed by atoms with Crippen LogP contribution in [0.5, 0.6) is 5.75 Å². The molecule has 1 N–H and O–H groups in total. The van der Waals surface area contributed by atoms with E-state index in [0.717, 1.165) is 27.0 Å². The Labute approximate surface area is 195 Å². The van der Waals surface area contributed by atoms with Gasteiger partial charge in [0.25, 0.3) is 0 Å². The first kappa shape index (κ1) is 23.1. The lowest BCUT2D eigenvalue weighted by Crippen LogP contribution is -2.15. The highest BCUT2D eigenvalue weighted by Gasteiger charge is 2.20. The van der Waals surface area contributed by atoms with Gasteiger partial charge in [-0.05, 0) is 68.3 Å². The van der Waals surface area contributed by atoms with Crippen molar-refractivity contribution in [1.82, 2.24) is 14.8 Å². The topological polar surface area (TPSA) is 69.0 Å². The van der Waals surface area contributed by atoms with Crippen LogP contribution in [0.4, 0.5) is 5.69 Å². The molecule has 0 radical (unpaired) electrons. The SMILES string of the molecule is C=CCn1c(SCC(=O)Nc2ccc(Br)cc2)nnc1C(C)Oc1cc(C)cc(C)c1. The van der Waals surface area contributed by atoms with Crippen molar-refractivity contribution >= 4 is 39.3 Å². The Morgan fingerprint density at radius 3 is 2.55 bits per heavy atom. The minimum Gasteiger partial charge on any atom is -0.483 e. The highest BCUT2D eigenvalue weighted by atomic mass is 79.9. The van der Waals surface area contributed by atoms with Crippen LogP contribution in [0.2, 0.25) is 0 Å². The van der Waals surface area contributed by atoms with E-state index >= 15 is 0 Å². The molecule has 1 unspecified atom stereocenters. The monoisotopic (exact) mass is 500 g/mol. The first-order valence-electron chi connectivity index (χ1n) is 9.83. The van der Waals surface area contributed by atoms with Gasteiger partial charge in [0, 0.05) is 16.7 Å². The Hall–Kier alpha value is -2.58. The average Bonchev–Trinajstić information content (AvgIpc) is 3.10. The molecule has 0 aliphatic carbocycles. The molecule has 31 heavy (non-hydrogen) atoms. The fourth-order valence-corrected chi connectivity index (χ4v) is 4.15. The smallest absolute Gasteiger partial charge is 0.234 e. The summed E-state index contributed by atoms with van der Waals surface area (Å²) in [4.78, 5) is 12.3. The number of hydrogen-bond donors (Lipinski definition) is 1. The van der Waals surface area contributed by atoms with Gasteiger partial charge in [-0.3, -0.25) is 9.36 Å². The molecule has 8 heteroatoms. The van der Waals surface area contributed by atoms with Gasteiger partial charge < -0.3 is 10.1 Å². The van der Waals surface area contributed by atoms with E-state index in [1.165, 1.54) is 11.8 Å².